The number of aryl methyl sites for hydroxylation is 1. The molecule has 0 saturated carbocycles. The third-order valence-electron chi connectivity index (χ3n) is 2.86. The third-order valence-corrected chi connectivity index (χ3v) is 2.86. The summed E-state index contributed by atoms with van der Waals surface area (Å²) in [5.74, 6) is -0.120. The molecule has 1 heterocycles. The van der Waals surface area contributed by atoms with Crippen LogP contribution in [0.25, 0.3) is 0 Å². The monoisotopic (exact) mass is 233 g/mol. The number of rotatable bonds is 2. The number of hydroxylamine groups is 2. The van der Waals surface area contributed by atoms with Crippen LogP contribution in [-0.2, 0) is 9.63 Å². The predicted octanol–water partition coefficient (Wildman–Crippen LogP) is 1.73. The van der Waals surface area contributed by atoms with Gasteiger partial charge in [-0.15, -0.1) is 5.06 Å². The van der Waals surface area contributed by atoms with Crippen molar-refractivity contribution in [1.82, 2.24) is 5.06 Å². The minimum absolute atomic E-state index is 0.230. The molecule has 0 aliphatic carbocycles. The van der Waals surface area contributed by atoms with E-state index in [-0.39, 0.29) is 11.8 Å². The maximum atomic E-state index is 11.9. The molecule has 2 rings (SSSR count). The van der Waals surface area contributed by atoms with Crippen LogP contribution in [0.5, 0.6) is 0 Å². The van der Waals surface area contributed by atoms with Crippen molar-refractivity contribution in [3.8, 4) is 0 Å². The molecule has 0 radical (unpaired) electrons. The molecule has 0 unspecified atom stereocenters. The van der Waals surface area contributed by atoms with Crippen molar-refractivity contribution in [3.05, 3.63) is 35.4 Å². The lowest BCUT2D eigenvalue weighted by Gasteiger charge is -2.24. The molecule has 4 nitrogen and oxygen atoms in total. The number of ketones is 1. The molecule has 0 atom stereocenters. The van der Waals surface area contributed by atoms with E-state index in [1.807, 2.05) is 25.1 Å². The first-order valence-electron chi connectivity index (χ1n) is 5.71. The van der Waals surface area contributed by atoms with Gasteiger partial charge in [-0.3, -0.25) is 4.79 Å². The molecule has 4 heteroatoms. The summed E-state index contributed by atoms with van der Waals surface area (Å²) < 4.78 is 0. The Hall–Kier alpha value is -1.68. The highest BCUT2D eigenvalue weighted by molar-refractivity contribution is 5.90. The van der Waals surface area contributed by atoms with E-state index in [9.17, 15) is 9.59 Å². The molecule has 90 valence electrons. The molecular formula is C13H15NO3. The lowest BCUT2D eigenvalue weighted by atomic mass is 10.1. The standard InChI is InChI=1S/C13H15NO3/c1-10-4-2-3-5-12(10)13(16)17-14-8-6-11(15)7-9-14/h2-5H,6-9H2,1H3. The van der Waals surface area contributed by atoms with Gasteiger partial charge in [-0.05, 0) is 18.6 Å². The second-order valence-corrected chi connectivity index (χ2v) is 4.16. The summed E-state index contributed by atoms with van der Waals surface area (Å²) in [5.41, 5.74) is 1.47. The Labute approximate surface area is 100 Å². The Morgan fingerprint density at radius 1 is 1.24 bits per heavy atom. The highest BCUT2D eigenvalue weighted by Crippen LogP contribution is 2.12. The largest absolute Gasteiger partial charge is 0.364 e. The van der Waals surface area contributed by atoms with Crippen molar-refractivity contribution in [2.24, 2.45) is 0 Å². The topological polar surface area (TPSA) is 46.6 Å². The number of hydrogen-bond acceptors (Lipinski definition) is 4. The van der Waals surface area contributed by atoms with Crippen molar-refractivity contribution in [3.63, 3.8) is 0 Å². The second-order valence-electron chi connectivity index (χ2n) is 4.16. The van der Waals surface area contributed by atoms with Gasteiger partial charge in [0, 0.05) is 25.9 Å². The van der Waals surface area contributed by atoms with E-state index in [1.165, 1.54) is 0 Å². The summed E-state index contributed by atoms with van der Waals surface area (Å²) in [7, 11) is 0. The normalized spacial score (nSPS) is 16.9. The Kier molecular flexibility index (Phi) is 3.54. The number of piperidine rings is 1. The number of carbonyl (C=O) groups excluding carboxylic acids is 2. The van der Waals surface area contributed by atoms with Gasteiger partial charge >= 0.3 is 5.97 Å². The minimum atomic E-state index is -0.350. The third kappa shape index (κ3) is 2.91. The summed E-state index contributed by atoms with van der Waals surface area (Å²) in [6, 6.07) is 7.30. The Morgan fingerprint density at radius 2 is 1.88 bits per heavy atom. The van der Waals surface area contributed by atoms with Crippen LogP contribution in [0, 0.1) is 6.92 Å². The van der Waals surface area contributed by atoms with Crippen molar-refractivity contribution in [1.29, 1.82) is 0 Å². The smallest absolute Gasteiger partial charge is 0.357 e. The van der Waals surface area contributed by atoms with Crippen LogP contribution < -0.4 is 0 Å². The molecule has 0 N–H and O–H groups in total. The number of benzene rings is 1. The Balaban J connectivity index is 1.98. The van der Waals surface area contributed by atoms with Crippen molar-refractivity contribution in [2.45, 2.75) is 19.8 Å². The lowest BCUT2D eigenvalue weighted by molar-refractivity contribution is -0.142. The number of hydrogen-bond donors (Lipinski definition) is 0. The van der Waals surface area contributed by atoms with Crippen LogP contribution in [0.3, 0.4) is 0 Å². The molecule has 0 bridgehead atoms. The molecule has 1 aliphatic heterocycles. The van der Waals surface area contributed by atoms with E-state index in [2.05, 4.69) is 0 Å². The first kappa shape index (κ1) is 11.8. The summed E-state index contributed by atoms with van der Waals surface area (Å²) in [5, 5.41) is 1.57. The zero-order valence-electron chi connectivity index (χ0n) is 9.81. The van der Waals surface area contributed by atoms with Gasteiger partial charge in [0.2, 0.25) is 0 Å². The molecule has 0 amide bonds. The first-order chi connectivity index (χ1) is 8.16. The van der Waals surface area contributed by atoms with Gasteiger partial charge in [-0.1, -0.05) is 18.2 Å². The fourth-order valence-corrected chi connectivity index (χ4v) is 1.80. The Morgan fingerprint density at radius 3 is 2.53 bits per heavy atom. The molecule has 1 saturated heterocycles. The zero-order chi connectivity index (χ0) is 12.3. The van der Waals surface area contributed by atoms with Gasteiger partial charge in [-0.2, -0.15) is 0 Å². The van der Waals surface area contributed by atoms with Crippen molar-refractivity contribution in [2.75, 3.05) is 13.1 Å². The lowest BCUT2D eigenvalue weighted by Crippen LogP contribution is -2.35. The van der Waals surface area contributed by atoms with Crippen LogP contribution in [-0.4, -0.2) is 29.9 Å². The number of carbonyl (C=O) groups is 2. The van der Waals surface area contributed by atoms with Crippen molar-refractivity contribution < 1.29 is 14.4 Å². The van der Waals surface area contributed by atoms with Crippen LogP contribution in [0.4, 0.5) is 0 Å². The maximum Gasteiger partial charge on any atom is 0.357 e. The average molecular weight is 233 g/mol. The predicted molar refractivity (Wildman–Crippen MR) is 62.4 cm³/mol. The van der Waals surface area contributed by atoms with Crippen LogP contribution >= 0.6 is 0 Å². The van der Waals surface area contributed by atoms with Crippen LogP contribution in [0.15, 0.2) is 24.3 Å². The van der Waals surface area contributed by atoms with Gasteiger partial charge in [0.25, 0.3) is 0 Å². The zero-order valence-corrected chi connectivity index (χ0v) is 9.81. The van der Waals surface area contributed by atoms with Gasteiger partial charge in [0.05, 0.1) is 5.56 Å². The molecule has 1 aromatic carbocycles. The Bertz CT molecular complexity index is 432. The van der Waals surface area contributed by atoms with E-state index in [0.717, 1.165) is 5.56 Å². The van der Waals surface area contributed by atoms with Crippen LogP contribution in [0.2, 0.25) is 0 Å². The summed E-state index contributed by atoms with van der Waals surface area (Å²) >= 11 is 0. The molecular weight excluding hydrogens is 218 g/mol. The highest BCUT2D eigenvalue weighted by atomic mass is 16.7. The van der Waals surface area contributed by atoms with Crippen LogP contribution in [0.1, 0.15) is 28.8 Å². The van der Waals surface area contributed by atoms with E-state index in [1.54, 1.807) is 11.1 Å². The number of Topliss-reactive ketones (excluding diaryl/α,β-unsaturated/α-hetero) is 1. The molecule has 1 fully saturated rings. The molecule has 0 spiro atoms. The second kappa shape index (κ2) is 5.10. The van der Waals surface area contributed by atoms with Gasteiger partial charge in [0.1, 0.15) is 5.78 Å². The van der Waals surface area contributed by atoms with Gasteiger partial charge < -0.3 is 4.84 Å². The number of nitrogens with zero attached hydrogens (tertiary/aromatic N) is 1. The van der Waals surface area contributed by atoms with Crippen molar-refractivity contribution >= 4 is 11.8 Å². The summed E-state index contributed by atoms with van der Waals surface area (Å²) in [4.78, 5) is 28.2. The molecule has 1 aromatic rings. The highest BCUT2D eigenvalue weighted by Gasteiger charge is 2.20. The molecule has 17 heavy (non-hydrogen) atoms. The SMILES string of the molecule is Cc1ccccc1C(=O)ON1CCC(=O)CC1. The van der Waals surface area contributed by atoms with E-state index in [0.29, 0.717) is 31.5 Å². The molecule has 0 aromatic heterocycles. The minimum Gasteiger partial charge on any atom is -0.364 e. The molecule has 1 aliphatic rings. The van der Waals surface area contributed by atoms with Gasteiger partial charge in [-0.25, -0.2) is 4.79 Å². The quantitative estimate of drug-likeness (QED) is 0.780. The van der Waals surface area contributed by atoms with E-state index < -0.39 is 0 Å². The summed E-state index contributed by atoms with van der Waals surface area (Å²) in [6.07, 6.45) is 0.919. The fourth-order valence-electron chi connectivity index (χ4n) is 1.80. The van der Waals surface area contributed by atoms with E-state index in [4.69, 9.17) is 4.84 Å². The fraction of sp³-hybridized carbons (Fsp3) is 0.385. The maximum absolute atomic E-state index is 11.9. The van der Waals surface area contributed by atoms with Gasteiger partial charge in [0.15, 0.2) is 0 Å². The summed E-state index contributed by atoms with van der Waals surface area (Å²) in [6.45, 7) is 2.86. The van der Waals surface area contributed by atoms with E-state index >= 15 is 0 Å². The average Bonchev–Trinajstić information content (AvgIpc) is 2.32. The first-order valence-corrected chi connectivity index (χ1v) is 5.71.